The Morgan fingerprint density at radius 1 is 1.23 bits per heavy atom. The highest BCUT2D eigenvalue weighted by Gasteiger charge is 2.31. The molecule has 0 saturated carbocycles. The van der Waals surface area contributed by atoms with E-state index in [-0.39, 0.29) is 17.9 Å². The van der Waals surface area contributed by atoms with E-state index >= 15 is 0 Å². The van der Waals surface area contributed by atoms with Crippen LogP contribution in [-0.2, 0) is 6.54 Å². The molecule has 0 aliphatic rings. The molecule has 0 saturated heterocycles. The van der Waals surface area contributed by atoms with Crippen LogP contribution in [0, 0.1) is 5.53 Å². The summed E-state index contributed by atoms with van der Waals surface area (Å²) in [5.41, 5.74) is 8.08. The fourth-order valence-electron chi connectivity index (χ4n) is 2.51. The topological polar surface area (TPSA) is 114 Å². The van der Waals surface area contributed by atoms with Gasteiger partial charge in [-0.2, -0.15) is 0 Å². The predicted octanol–water partition coefficient (Wildman–Crippen LogP) is 3.96. The summed E-state index contributed by atoms with van der Waals surface area (Å²) in [7, 11) is 1.44. The number of amides is 1. The van der Waals surface area contributed by atoms with E-state index in [0.29, 0.717) is 22.9 Å². The Labute approximate surface area is 168 Å². The lowest BCUT2D eigenvalue weighted by Gasteiger charge is -2.10. The lowest BCUT2D eigenvalue weighted by Crippen LogP contribution is -2.17. The van der Waals surface area contributed by atoms with Crippen LogP contribution in [0.25, 0.3) is 5.69 Å². The van der Waals surface area contributed by atoms with Crippen LogP contribution in [0.3, 0.4) is 0 Å². The molecule has 0 bridgehead atoms. The Hall–Kier alpha value is -3.96. The number of halogens is 3. The second-order valence-corrected chi connectivity index (χ2v) is 5.83. The molecule has 1 aromatic heterocycles. The first kappa shape index (κ1) is 20.8. The van der Waals surface area contributed by atoms with Gasteiger partial charge in [-0.15, -0.1) is 23.4 Å². The Morgan fingerprint density at radius 3 is 2.60 bits per heavy atom. The molecule has 1 heterocycles. The van der Waals surface area contributed by atoms with Gasteiger partial charge in [0.15, 0.2) is 5.82 Å². The van der Waals surface area contributed by atoms with Crippen LogP contribution in [0.2, 0.25) is 0 Å². The number of alkyl halides is 3. The van der Waals surface area contributed by atoms with Crippen molar-refractivity contribution in [1.29, 1.82) is 5.53 Å². The van der Waals surface area contributed by atoms with E-state index in [2.05, 4.69) is 25.3 Å². The normalized spacial score (nSPS) is 11.1. The molecule has 3 rings (SSSR count). The van der Waals surface area contributed by atoms with E-state index in [1.54, 1.807) is 6.07 Å². The summed E-state index contributed by atoms with van der Waals surface area (Å²) in [5.74, 6) is -0.231. The van der Waals surface area contributed by atoms with E-state index < -0.39 is 12.3 Å². The second-order valence-electron chi connectivity index (χ2n) is 5.83. The highest BCUT2D eigenvalue weighted by Crippen LogP contribution is 2.26. The van der Waals surface area contributed by atoms with E-state index in [0.717, 1.165) is 0 Å². The van der Waals surface area contributed by atoms with Crippen molar-refractivity contribution < 1.29 is 27.4 Å². The molecule has 3 aromatic rings. The van der Waals surface area contributed by atoms with Gasteiger partial charge >= 0.3 is 6.36 Å². The van der Waals surface area contributed by atoms with Gasteiger partial charge in [-0.3, -0.25) is 4.79 Å². The van der Waals surface area contributed by atoms with Crippen molar-refractivity contribution >= 4 is 11.6 Å². The van der Waals surface area contributed by atoms with Gasteiger partial charge in [-0.1, -0.05) is 0 Å². The molecular weight excluding hydrogens is 405 g/mol. The summed E-state index contributed by atoms with van der Waals surface area (Å²) in [6, 6.07) is 9.76. The molecule has 1 amide bonds. The summed E-state index contributed by atoms with van der Waals surface area (Å²) in [4.78, 5) is 15.6. The first-order valence-electron chi connectivity index (χ1n) is 8.39. The number of carbonyl (C=O) groups is 1. The lowest BCUT2D eigenvalue weighted by atomic mass is 10.2. The summed E-state index contributed by atoms with van der Waals surface area (Å²) in [6.07, 6.45) is -3.33. The minimum atomic E-state index is -4.75. The van der Waals surface area contributed by atoms with Crippen molar-refractivity contribution in [1.82, 2.24) is 14.8 Å². The van der Waals surface area contributed by atoms with Gasteiger partial charge in [0.2, 0.25) is 0 Å². The highest BCUT2D eigenvalue weighted by atomic mass is 19.4. The average molecular weight is 420 g/mol. The summed E-state index contributed by atoms with van der Waals surface area (Å²) in [5, 5.41) is 10.2. The molecule has 2 aromatic carbocycles. The molecule has 0 aliphatic carbocycles. The maximum atomic E-state index is 12.2. The van der Waals surface area contributed by atoms with E-state index in [9.17, 15) is 18.0 Å². The van der Waals surface area contributed by atoms with Crippen molar-refractivity contribution in [3.8, 4) is 17.2 Å². The van der Waals surface area contributed by atoms with Crippen molar-refractivity contribution in [2.75, 3.05) is 12.4 Å². The number of carbonyl (C=O) groups excluding carboxylic acids is 1. The van der Waals surface area contributed by atoms with Crippen LogP contribution < -0.4 is 14.8 Å². The molecule has 0 unspecified atom stereocenters. The summed E-state index contributed by atoms with van der Waals surface area (Å²) >= 11 is 0. The lowest BCUT2D eigenvalue weighted by molar-refractivity contribution is -0.274. The average Bonchev–Trinajstić information content (AvgIpc) is 3.20. The van der Waals surface area contributed by atoms with E-state index in [4.69, 9.17) is 10.3 Å². The number of nitrogens with one attached hydrogen (secondary N) is 2. The molecule has 0 spiro atoms. The number of ether oxygens (including phenoxy) is 2. The summed E-state index contributed by atoms with van der Waals surface area (Å²) in [6.45, 7) is 0.217. The number of methoxy groups -OCH3 is 1. The molecule has 2 N–H and O–H groups in total. The smallest absolute Gasteiger partial charge is 0.495 e. The largest absolute Gasteiger partial charge is 0.573 e. The van der Waals surface area contributed by atoms with Gasteiger partial charge < -0.3 is 14.8 Å². The molecule has 0 atom stereocenters. The van der Waals surface area contributed by atoms with Gasteiger partial charge in [0.25, 0.3) is 5.91 Å². The Morgan fingerprint density at radius 2 is 1.97 bits per heavy atom. The van der Waals surface area contributed by atoms with Crippen LogP contribution in [0.5, 0.6) is 11.5 Å². The monoisotopic (exact) mass is 420 g/mol. The van der Waals surface area contributed by atoms with Gasteiger partial charge in [-0.05, 0) is 42.5 Å². The number of aromatic nitrogens is 3. The molecule has 12 heteroatoms. The number of benzene rings is 2. The zero-order valence-corrected chi connectivity index (χ0v) is 15.5. The molecular formula is C18H15F3N6O3. The first-order valence-corrected chi connectivity index (χ1v) is 8.39. The van der Waals surface area contributed by atoms with E-state index in [1.807, 2.05) is 0 Å². The van der Waals surface area contributed by atoms with Crippen LogP contribution in [0.4, 0.5) is 18.9 Å². The van der Waals surface area contributed by atoms with Crippen LogP contribution in [0.15, 0.2) is 53.9 Å². The van der Waals surface area contributed by atoms with Crippen molar-refractivity contribution in [3.05, 3.63) is 60.2 Å². The second kappa shape index (κ2) is 8.59. The predicted molar refractivity (Wildman–Crippen MR) is 97.8 cm³/mol. The third-order valence-electron chi connectivity index (χ3n) is 3.86. The maximum absolute atomic E-state index is 12.2. The van der Waals surface area contributed by atoms with Crippen molar-refractivity contribution in [2.45, 2.75) is 12.9 Å². The molecule has 30 heavy (non-hydrogen) atoms. The fourth-order valence-corrected chi connectivity index (χ4v) is 2.51. The van der Waals surface area contributed by atoms with Crippen LogP contribution in [0.1, 0.15) is 16.2 Å². The van der Waals surface area contributed by atoms with Gasteiger partial charge in [0, 0.05) is 5.56 Å². The van der Waals surface area contributed by atoms with Crippen molar-refractivity contribution in [2.24, 2.45) is 5.11 Å². The fraction of sp³-hybridized carbons (Fsp3) is 0.167. The molecule has 156 valence electrons. The number of anilines is 1. The quantitative estimate of drug-likeness (QED) is 0.559. The van der Waals surface area contributed by atoms with Crippen LogP contribution in [-0.4, -0.2) is 34.1 Å². The first-order chi connectivity index (χ1) is 14.3. The number of hydrogen-bond donors (Lipinski definition) is 2. The Balaban J connectivity index is 1.67. The Kier molecular flexibility index (Phi) is 5.95. The SMILES string of the molecule is COc1cc(C(=O)N=N)ccc1NCc1ncn(-c2ccc(OC(F)(F)F)cc2)n1. The van der Waals surface area contributed by atoms with Gasteiger partial charge in [-0.25, -0.2) is 15.2 Å². The van der Waals surface area contributed by atoms with Gasteiger partial charge in [0.1, 0.15) is 17.8 Å². The van der Waals surface area contributed by atoms with Crippen molar-refractivity contribution in [3.63, 3.8) is 0 Å². The minimum Gasteiger partial charge on any atom is -0.495 e. The molecule has 0 aliphatic heterocycles. The molecule has 9 nitrogen and oxygen atoms in total. The highest BCUT2D eigenvalue weighted by molar-refractivity contribution is 5.95. The van der Waals surface area contributed by atoms with Crippen LogP contribution >= 0.6 is 0 Å². The third kappa shape index (κ3) is 5.10. The third-order valence-corrected chi connectivity index (χ3v) is 3.86. The standard InChI is InChI=1S/C18H15F3N6O3/c1-29-15-8-11(17(28)25-22)2-7-14(15)23-9-16-24-10-27(26-16)12-3-5-13(6-4-12)30-18(19,20)21/h2-8,10,22-23H,9H2,1H3. The zero-order valence-electron chi connectivity index (χ0n) is 15.5. The number of hydrogen-bond acceptors (Lipinski definition) is 7. The summed E-state index contributed by atoms with van der Waals surface area (Å²) < 4.78 is 47.2. The number of rotatable bonds is 7. The maximum Gasteiger partial charge on any atom is 0.573 e. The van der Waals surface area contributed by atoms with E-state index in [1.165, 1.54) is 54.5 Å². The van der Waals surface area contributed by atoms with Gasteiger partial charge in [0.05, 0.1) is 25.0 Å². The molecule has 0 fully saturated rings. The Bertz CT molecular complexity index is 1050. The number of nitrogens with zero attached hydrogens (tertiary/aromatic N) is 4. The minimum absolute atomic E-state index is 0.216. The molecule has 0 radical (unpaired) electrons. The zero-order chi connectivity index (χ0) is 21.7.